The number of ether oxygens (including phenoxy) is 1. The Morgan fingerprint density at radius 2 is 1.81 bits per heavy atom. The molecule has 0 bridgehead atoms. The third-order valence-corrected chi connectivity index (χ3v) is 7.85. The number of hydrogen-bond donors (Lipinski definition) is 1. The number of nitrogens with one attached hydrogen (secondary N) is 1. The van der Waals surface area contributed by atoms with Crippen LogP contribution in [0, 0.1) is 5.92 Å². The molecular formula is C18H33N3O4S. The lowest BCUT2D eigenvalue weighted by Crippen LogP contribution is -2.59. The number of carbonyl (C=O) groups is 1. The second kappa shape index (κ2) is 8.89. The average Bonchev–Trinajstić information content (AvgIpc) is 2.63. The van der Waals surface area contributed by atoms with Gasteiger partial charge in [0.2, 0.25) is 0 Å². The number of sulfone groups is 1. The molecule has 0 aromatic heterocycles. The van der Waals surface area contributed by atoms with E-state index in [9.17, 15) is 13.2 Å². The van der Waals surface area contributed by atoms with E-state index in [-0.39, 0.29) is 12.1 Å². The number of nitrogens with zero attached hydrogens (tertiary/aromatic N) is 2. The van der Waals surface area contributed by atoms with Gasteiger partial charge in [-0.25, -0.2) is 13.2 Å². The fourth-order valence-electron chi connectivity index (χ4n) is 4.38. The van der Waals surface area contributed by atoms with E-state index in [1.54, 1.807) is 0 Å². The van der Waals surface area contributed by atoms with Crippen molar-refractivity contribution in [1.82, 2.24) is 15.1 Å². The standard InChI is InChI=1S/C18H33N3O4S/c1-15-14-20(17-3-10-25-11-4-17)8-9-21(15)18(22)19-7-2-16-5-12-26(23,24)13-6-16/h15-17H,2-14H2,1H3,(H,19,22)/t15-/m0/s1. The summed E-state index contributed by atoms with van der Waals surface area (Å²) in [7, 11) is -2.80. The second-order valence-electron chi connectivity index (χ2n) is 8.00. The van der Waals surface area contributed by atoms with Crippen molar-refractivity contribution in [1.29, 1.82) is 0 Å². The third kappa shape index (κ3) is 5.33. The maximum atomic E-state index is 12.5. The lowest BCUT2D eigenvalue weighted by Gasteiger charge is -2.44. The maximum Gasteiger partial charge on any atom is 0.317 e. The molecule has 0 unspecified atom stereocenters. The molecule has 3 aliphatic rings. The van der Waals surface area contributed by atoms with Gasteiger partial charge in [0, 0.05) is 51.5 Å². The maximum absolute atomic E-state index is 12.5. The van der Waals surface area contributed by atoms with Crippen molar-refractivity contribution in [2.75, 3.05) is 50.9 Å². The van der Waals surface area contributed by atoms with Crippen LogP contribution in [0.2, 0.25) is 0 Å². The van der Waals surface area contributed by atoms with Gasteiger partial charge >= 0.3 is 6.03 Å². The Balaban J connectivity index is 1.37. The van der Waals surface area contributed by atoms with Crippen LogP contribution in [0.15, 0.2) is 0 Å². The van der Waals surface area contributed by atoms with E-state index in [0.29, 0.717) is 30.0 Å². The molecule has 3 aliphatic heterocycles. The highest BCUT2D eigenvalue weighted by molar-refractivity contribution is 7.91. The highest BCUT2D eigenvalue weighted by Crippen LogP contribution is 2.22. The van der Waals surface area contributed by atoms with Crippen molar-refractivity contribution in [3.63, 3.8) is 0 Å². The summed E-state index contributed by atoms with van der Waals surface area (Å²) in [4.78, 5) is 17.0. The van der Waals surface area contributed by atoms with Crippen molar-refractivity contribution < 1.29 is 17.9 Å². The lowest BCUT2D eigenvalue weighted by molar-refractivity contribution is 0.00701. The number of urea groups is 1. The van der Waals surface area contributed by atoms with Crippen molar-refractivity contribution in [2.24, 2.45) is 5.92 Å². The quantitative estimate of drug-likeness (QED) is 0.781. The Bertz CT molecular complexity index is 563. The molecule has 0 radical (unpaired) electrons. The van der Waals surface area contributed by atoms with Gasteiger partial charge in [0.05, 0.1) is 11.5 Å². The average molecular weight is 388 g/mol. The molecule has 2 amide bonds. The second-order valence-corrected chi connectivity index (χ2v) is 10.3. The molecular weight excluding hydrogens is 354 g/mol. The highest BCUT2D eigenvalue weighted by atomic mass is 32.2. The monoisotopic (exact) mass is 387 g/mol. The Morgan fingerprint density at radius 1 is 1.12 bits per heavy atom. The van der Waals surface area contributed by atoms with Crippen LogP contribution in [0.1, 0.15) is 39.0 Å². The fraction of sp³-hybridized carbons (Fsp3) is 0.944. The van der Waals surface area contributed by atoms with Gasteiger partial charge in [-0.15, -0.1) is 0 Å². The summed E-state index contributed by atoms with van der Waals surface area (Å²) in [5.74, 6) is 1.02. The summed E-state index contributed by atoms with van der Waals surface area (Å²) in [6.45, 7) is 7.09. The number of amides is 2. The molecule has 7 nitrogen and oxygen atoms in total. The molecule has 3 fully saturated rings. The van der Waals surface area contributed by atoms with Crippen LogP contribution in [0.5, 0.6) is 0 Å². The molecule has 0 saturated carbocycles. The van der Waals surface area contributed by atoms with Crippen molar-refractivity contribution in [3.05, 3.63) is 0 Å². The van der Waals surface area contributed by atoms with E-state index >= 15 is 0 Å². The predicted octanol–water partition coefficient (Wildman–Crippen LogP) is 1.10. The van der Waals surface area contributed by atoms with Crippen LogP contribution < -0.4 is 5.32 Å². The smallest absolute Gasteiger partial charge is 0.317 e. The Kier molecular flexibility index (Phi) is 6.80. The molecule has 0 aliphatic carbocycles. The summed E-state index contributed by atoms with van der Waals surface area (Å²) in [5, 5.41) is 3.04. The minimum Gasteiger partial charge on any atom is -0.381 e. The summed E-state index contributed by atoms with van der Waals surface area (Å²) >= 11 is 0. The first-order chi connectivity index (χ1) is 12.4. The van der Waals surface area contributed by atoms with Crippen LogP contribution in [0.25, 0.3) is 0 Å². The topological polar surface area (TPSA) is 79.0 Å². The van der Waals surface area contributed by atoms with Crippen LogP contribution in [-0.4, -0.2) is 87.2 Å². The molecule has 150 valence electrons. The van der Waals surface area contributed by atoms with Gasteiger partial charge in [0.1, 0.15) is 9.84 Å². The molecule has 0 aromatic rings. The first kappa shape index (κ1) is 19.9. The number of carbonyl (C=O) groups excluding carboxylic acids is 1. The van der Waals surface area contributed by atoms with Crippen molar-refractivity contribution in [3.8, 4) is 0 Å². The fourth-order valence-corrected chi connectivity index (χ4v) is 5.97. The van der Waals surface area contributed by atoms with Crippen LogP contribution in [0.4, 0.5) is 4.79 Å². The van der Waals surface area contributed by atoms with Gasteiger partial charge in [-0.05, 0) is 44.9 Å². The summed E-state index contributed by atoms with van der Waals surface area (Å²) in [5.41, 5.74) is 0. The van der Waals surface area contributed by atoms with Crippen LogP contribution in [-0.2, 0) is 14.6 Å². The van der Waals surface area contributed by atoms with Gasteiger partial charge in [0.25, 0.3) is 0 Å². The zero-order chi connectivity index (χ0) is 18.6. The first-order valence-electron chi connectivity index (χ1n) is 10.0. The number of hydrogen-bond acceptors (Lipinski definition) is 5. The van der Waals surface area contributed by atoms with Crippen molar-refractivity contribution >= 4 is 15.9 Å². The predicted molar refractivity (Wildman–Crippen MR) is 101 cm³/mol. The van der Waals surface area contributed by atoms with E-state index < -0.39 is 9.84 Å². The van der Waals surface area contributed by atoms with Crippen molar-refractivity contribution in [2.45, 2.75) is 51.1 Å². The van der Waals surface area contributed by atoms with E-state index in [1.165, 1.54) is 0 Å². The molecule has 3 rings (SSSR count). The van der Waals surface area contributed by atoms with E-state index in [0.717, 1.165) is 65.0 Å². The Hall–Kier alpha value is -0.860. The number of piperazine rings is 1. The molecule has 0 spiro atoms. The summed E-state index contributed by atoms with van der Waals surface area (Å²) < 4.78 is 28.4. The minimum atomic E-state index is -2.80. The van der Waals surface area contributed by atoms with Crippen LogP contribution >= 0.6 is 0 Å². The zero-order valence-corrected chi connectivity index (χ0v) is 16.7. The van der Waals surface area contributed by atoms with E-state index in [1.807, 2.05) is 4.90 Å². The van der Waals surface area contributed by atoms with E-state index in [4.69, 9.17) is 4.74 Å². The van der Waals surface area contributed by atoms with Gasteiger partial charge in [-0.1, -0.05) is 0 Å². The largest absolute Gasteiger partial charge is 0.381 e. The molecule has 26 heavy (non-hydrogen) atoms. The van der Waals surface area contributed by atoms with Gasteiger partial charge < -0.3 is 15.0 Å². The normalized spacial score (nSPS) is 28.8. The zero-order valence-electron chi connectivity index (χ0n) is 15.9. The number of rotatable bonds is 4. The summed E-state index contributed by atoms with van der Waals surface area (Å²) in [6.07, 6.45) is 4.53. The van der Waals surface area contributed by atoms with E-state index in [2.05, 4.69) is 17.1 Å². The molecule has 1 atom stereocenters. The molecule has 1 N–H and O–H groups in total. The Morgan fingerprint density at radius 3 is 2.46 bits per heavy atom. The van der Waals surface area contributed by atoms with Gasteiger partial charge in [-0.2, -0.15) is 0 Å². The lowest BCUT2D eigenvalue weighted by atomic mass is 9.99. The summed E-state index contributed by atoms with van der Waals surface area (Å²) in [6, 6.07) is 0.831. The Labute approximate surface area is 157 Å². The van der Waals surface area contributed by atoms with Gasteiger partial charge in [-0.3, -0.25) is 4.90 Å². The molecule has 0 aromatic carbocycles. The first-order valence-corrected chi connectivity index (χ1v) is 11.8. The van der Waals surface area contributed by atoms with Crippen LogP contribution in [0.3, 0.4) is 0 Å². The highest BCUT2D eigenvalue weighted by Gasteiger charge is 2.31. The molecule has 3 saturated heterocycles. The molecule has 3 heterocycles. The minimum absolute atomic E-state index is 0.0209. The molecule has 8 heteroatoms. The SMILES string of the molecule is C[C@H]1CN(C2CCOCC2)CCN1C(=O)NCCC1CCS(=O)(=O)CC1. The van der Waals surface area contributed by atoms with Gasteiger partial charge in [0.15, 0.2) is 0 Å². The third-order valence-electron chi connectivity index (χ3n) is 6.13.